The minimum absolute atomic E-state index is 0.558. The Morgan fingerprint density at radius 2 is 1.29 bits per heavy atom. The van der Waals surface area contributed by atoms with E-state index in [-0.39, 0.29) is 0 Å². The van der Waals surface area contributed by atoms with E-state index in [0.717, 1.165) is 37.9 Å². The van der Waals surface area contributed by atoms with Crippen LogP contribution in [-0.2, 0) is 0 Å². The molecular weight excluding hydrogens is 288 g/mol. The number of hydrogen-bond donors (Lipinski definition) is 0. The Kier molecular flexibility index (Phi) is 2.78. The lowest BCUT2D eigenvalue weighted by Crippen LogP contribution is -1.98. The van der Waals surface area contributed by atoms with Crippen LogP contribution in [0.1, 0.15) is 22.3 Å². The highest BCUT2D eigenvalue weighted by atomic mass is 14.2. The van der Waals surface area contributed by atoms with E-state index in [0.29, 0.717) is 16.7 Å². The summed E-state index contributed by atoms with van der Waals surface area (Å²) in [6, 6.07) is 12.2. The molecule has 106 valence electrons. The Morgan fingerprint density at radius 3 is 1.96 bits per heavy atom. The van der Waals surface area contributed by atoms with Crippen LogP contribution in [0.4, 0.5) is 0 Å². The van der Waals surface area contributed by atoms with Crippen LogP contribution < -0.4 is 0 Å². The number of rotatable bonds is 0. The zero-order valence-electron chi connectivity index (χ0n) is 12.8. The van der Waals surface area contributed by atoms with Gasteiger partial charge >= 0.3 is 0 Å². The first-order valence-corrected chi connectivity index (χ1v) is 7.39. The molecule has 4 aromatic rings. The molecule has 0 aliphatic carbocycles. The zero-order valence-corrected chi connectivity index (χ0v) is 12.8. The molecular formula is C24H10. The molecule has 0 saturated heterocycles. The van der Waals surface area contributed by atoms with Crippen LogP contribution in [0.2, 0.25) is 0 Å². The van der Waals surface area contributed by atoms with E-state index in [1.54, 1.807) is 0 Å². The second kappa shape index (κ2) is 4.83. The molecule has 0 heteroatoms. The van der Waals surface area contributed by atoms with Gasteiger partial charge in [0.25, 0.3) is 0 Å². The SMILES string of the molecule is C#Cc1c(C#C)c2ccc3cccc4cc(C#C)c(c1C#C)c2c34. The van der Waals surface area contributed by atoms with Gasteiger partial charge in [0.2, 0.25) is 0 Å². The van der Waals surface area contributed by atoms with Gasteiger partial charge in [-0.3, -0.25) is 0 Å². The Labute approximate surface area is 140 Å². The van der Waals surface area contributed by atoms with Gasteiger partial charge < -0.3 is 0 Å². The maximum Gasteiger partial charge on any atom is 0.0568 e. The summed E-state index contributed by atoms with van der Waals surface area (Å²) in [5, 5.41) is 6.05. The summed E-state index contributed by atoms with van der Waals surface area (Å²) in [6.45, 7) is 0. The minimum Gasteiger partial charge on any atom is -0.115 e. The number of terminal acetylenes is 4. The van der Waals surface area contributed by atoms with Crippen LogP contribution in [0.25, 0.3) is 32.3 Å². The van der Waals surface area contributed by atoms with E-state index >= 15 is 0 Å². The van der Waals surface area contributed by atoms with Crippen LogP contribution in [0.15, 0.2) is 36.4 Å². The third-order valence-electron chi connectivity index (χ3n) is 4.50. The zero-order chi connectivity index (χ0) is 16.8. The van der Waals surface area contributed by atoms with Crippen molar-refractivity contribution < 1.29 is 0 Å². The molecule has 24 heavy (non-hydrogen) atoms. The molecule has 4 aromatic carbocycles. The summed E-state index contributed by atoms with van der Waals surface area (Å²) in [6.07, 6.45) is 23.0. The maximum atomic E-state index is 5.79. The molecule has 0 heterocycles. The minimum atomic E-state index is 0.558. The molecule has 0 aliphatic heterocycles. The first kappa shape index (κ1) is 13.8. The van der Waals surface area contributed by atoms with Crippen molar-refractivity contribution in [2.24, 2.45) is 0 Å². The van der Waals surface area contributed by atoms with Gasteiger partial charge in [-0.05, 0) is 27.6 Å². The van der Waals surface area contributed by atoms with E-state index in [9.17, 15) is 0 Å². The van der Waals surface area contributed by atoms with Crippen LogP contribution >= 0.6 is 0 Å². The Morgan fingerprint density at radius 1 is 0.583 bits per heavy atom. The molecule has 0 spiro atoms. The van der Waals surface area contributed by atoms with Gasteiger partial charge in [-0.25, -0.2) is 0 Å². The predicted octanol–water partition coefficient (Wildman–Crippen LogP) is 4.51. The number of hydrogen-bond acceptors (Lipinski definition) is 0. The highest BCUT2D eigenvalue weighted by Crippen LogP contribution is 2.40. The fourth-order valence-electron chi connectivity index (χ4n) is 3.55. The Bertz CT molecular complexity index is 1320. The van der Waals surface area contributed by atoms with E-state index < -0.39 is 0 Å². The second-order valence-electron chi connectivity index (χ2n) is 5.57. The van der Waals surface area contributed by atoms with Crippen molar-refractivity contribution in [2.75, 3.05) is 0 Å². The molecule has 0 amide bonds. The fraction of sp³-hybridized carbons (Fsp3) is 0. The van der Waals surface area contributed by atoms with Gasteiger partial charge in [0.15, 0.2) is 0 Å². The third kappa shape index (κ3) is 1.53. The first-order valence-electron chi connectivity index (χ1n) is 7.39. The van der Waals surface area contributed by atoms with Crippen molar-refractivity contribution >= 4 is 32.3 Å². The van der Waals surface area contributed by atoms with E-state index in [1.807, 2.05) is 24.3 Å². The van der Waals surface area contributed by atoms with Crippen LogP contribution in [-0.4, -0.2) is 0 Å². The number of benzene rings is 4. The average Bonchev–Trinajstić information content (AvgIpc) is 2.64. The van der Waals surface area contributed by atoms with Gasteiger partial charge in [-0.15, -0.1) is 25.7 Å². The predicted molar refractivity (Wildman–Crippen MR) is 102 cm³/mol. The van der Waals surface area contributed by atoms with Crippen molar-refractivity contribution in [1.29, 1.82) is 0 Å². The van der Waals surface area contributed by atoms with Crippen LogP contribution in [0, 0.1) is 49.4 Å². The molecule has 0 aliphatic rings. The molecule has 0 saturated carbocycles. The fourth-order valence-corrected chi connectivity index (χ4v) is 3.55. The van der Waals surface area contributed by atoms with Gasteiger partial charge in [0, 0.05) is 21.9 Å². The normalized spacial score (nSPS) is 10.3. The first-order chi connectivity index (χ1) is 11.7. The smallest absolute Gasteiger partial charge is 0.0568 e. The molecule has 0 bridgehead atoms. The van der Waals surface area contributed by atoms with Gasteiger partial charge in [-0.2, -0.15) is 0 Å². The largest absolute Gasteiger partial charge is 0.115 e. The summed E-state index contributed by atoms with van der Waals surface area (Å²) >= 11 is 0. The van der Waals surface area contributed by atoms with Crippen molar-refractivity contribution in [2.45, 2.75) is 0 Å². The van der Waals surface area contributed by atoms with Crippen LogP contribution in [0.3, 0.4) is 0 Å². The van der Waals surface area contributed by atoms with Crippen molar-refractivity contribution in [1.82, 2.24) is 0 Å². The van der Waals surface area contributed by atoms with Gasteiger partial charge in [0.1, 0.15) is 0 Å². The Balaban J connectivity index is 2.54. The molecule has 0 unspecified atom stereocenters. The van der Waals surface area contributed by atoms with Gasteiger partial charge in [-0.1, -0.05) is 54.0 Å². The molecule has 0 aromatic heterocycles. The molecule has 0 N–H and O–H groups in total. The standard InChI is InChI=1S/C24H10/c1-5-15-14-17-11-9-10-16-12-13-21-19(7-3)18(6-2)20(8-4)23(15)24(21)22(16)17/h1-4,9-14H. The highest BCUT2D eigenvalue weighted by molar-refractivity contribution is 6.26. The third-order valence-corrected chi connectivity index (χ3v) is 4.50. The van der Waals surface area contributed by atoms with Crippen molar-refractivity contribution in [3.8, 4) is 49.4 Å². The van der Waals surface area contributed by atoms with E-state index in [4.69, 9.17) is 25.7 Å². The second-order valence-corrected chi connectivity index (χ2v) is 5.57. The summed E-state index contributed by atoms with van der Waals surface area (Å²) in [4.78, 5) is 0. The maximum absolute atomic E-state index is 5.79. The summed E-state index contributed by atoms with van der Waals surface area (Å²) < 4.78 is 0. The molecule has 0 atom stereocenters. The molecule has 0 radical (unpaired) electrons. The quantitative estimate of drug-likeness (QED) is 0.331. The summed E-state index contributed by atoms with van der Waals surface area (Å²) in [5.41, 5.74) is 2.55. The van der Waals surface area contributed by atoms with Gasteiger partial charge in [0.05, 0.1) is 11.1 Å². The molecule has 0 fully saturated rings. The van der Waals surface area contributed by atoms with Crippen molar-refractivity contribution in [3.63, 3.8) is 0 Å². The van der Waals surface area contributed by atoms with Crippen molar-refractivity contribution in [3.05, 3.63) is 58.7 Å². The lowest BCUT2D eigenvalue weighted by atomic mass is 9.84. The average molecular weight is 298 g/mol. The van der Waals surface area contributed by atoms with E-state index in [1.165, 1.54) is 0 Å². The summed E-state index contributed by atoms with van der Waals surface area (Å²) in [5.74, 6) is 10.9. The molecule has 0 nitrogen and oxygen atoms in total. The lowest BCUT2D eigenvalue weighted by molar-refractivity contribution is 1.62. The van der Waals surface area contributed by atoms with E-state index in [2.05, 4.69) is 35.8 Å². The monoisotopic (exact) mass is 298 g/mol. The topological polar surface area (TPSA) is 0 Å². The summed E-state index contributed by atoms with van der Waals surface area (Å²) in [7, 11) is 0. The van der Waals surface area contributed by atoms with Crippen LogP contribution in [0.5, 0.6) is 0 Å². The lowest BCUT2D eigenvalue weighted by Gasteiger charge is -2.17. The Hall–Kier alpha value is -3.84. The highest BCUT2D eigenvalue weighted by Gasteiger charge is 2.19. The molecule has 4 rings (SSSR count).